The van der Waals surface area contributed by atoms with Gasteiger partial charge in [0.1, 0.15) is 0 Å². The molecule has 0 N–H and O–H groups in total. The van der Waals surface area contributed by atoms with E-state index < -0.39 is 0 Å². The molecular formula is C25H19N3O2S. The Hall–Kier alpha value is -3.69. The van der Waals surface area contributed by atoms with Crippen molar-refractivity contribution < 1.29 is 4.79 Å². The van der Waals surface area contributed by atoms with E-state index >= 15 is 0 Å². The maximum absolute atomic E-state index is 13.3. The lowest BCUT2D eigenvalue weighted by Crippen LogP contribution is -2.22. The van der Waals surface area contributed by atoms with E-state index in [1.165, 1.54) is 16.3 Å². The number of aromatic nitrogens is 2. The largest absolute Gasteiger partial charge is 0.293 e. The molecule has 1 aromatic heterocycles. The predicted molar refractivity (Wildman–Crippen MR) is 123 cm³/mol. The quantitative estimate of drug-likeness (QED) is 0.260. The summed E-state index contributed by atoms with van der Waals surface area (Å²) in [6, 6.07) is 21.6. The molecule has 152 valence electrons. The van der Waals surface area contributed by atoms with E-state index in [1.807, 2.05) is 38.1 Å². The number of rotatable bonds is 5. The van der Waals surface area contributed by atoms with Crippen molar-refractivity contribution in [2.45, 2.75) is 19.0 Å². The lowest BCUT2D eigenvalue weighted by atomic mass is 10.0. The predicted octanol–water partition coefficient (Wildman–Crippen LogP) is 4.85. The van der Waals surface area contributed by atoms with Crippen LogP contribution in [-0.4, -0.2) is 21.1 Å². The molecule has 5 nitrogen and oxygen atoms in total. The summed E-state index contributed by atoms with van der Waals surface area (Å²) in [5.41, 5.74) is 4.32. The molecule has 0 atom stereocenters. The molecule has 6 heteroatoms. The van der Waals surface area contributed by atoms with Crippen molar-refractivity contribution in [3.8, 4) is 11.8 Å². The van der Waals surface area contributed by atoms with E-state index in [1.54, 1.807) is 42.5 Å². The number of fused-ring (bicyclic) bond motifs is 1. The van der Waals surface area contributed by atoms with E-state index in [9.17, 15) is 9.59 Å². The first-order valence-corrected chi connectivity index (χ1v) is 10.7. The van der Waals surface area contributed by atoms with Crippen molar-refractivity contribution in [3.05, 3.63) is 99.3 Å². The van der Waals surface area contributed by atoms with Crippen molar-refractivity contribution in [3.63, 3.8) is 0 Å². The lowest BCUT2D eigenvalue weighted by Gasteiger charge is -2.13. The molecule has 4 rings (SSSR count). The Morgan fingerprint density at radius 2 is 1.77 bits per heavy atom. The fraction of sp³-hybridized carbons (Fsp3) is 0.120. The van der Waals surface area contributed by atoms with Gasteiger partial charge in [0.2, 0.25) is 0 Å². The van der Waals surface area contributed by atoms with Crippen LogP contribution in [0.4, 0.5) is 0 Å². The highest BCUT2D eigenvalue weighted by Crippen LogP contribution is 2.23. The minimum Gasteiger partial charge on any atom is -0.293 e. The van der Waals surface area contributed by atoms with Gasteiger partial charge in [0, 0.05) is 5.56 Å². The van der Waals surface area contributed by atoms with Gasteiger partial charge in [-0.25, -0.2) is 4.98 Å². The third-order valence-electron chi connectivity index (χ3n) is 5.16. The molecule has 0 saturated carbocycles. The van der Waals surface area contributed by atoms with Gasteiger partial charge in [0.25, 0.3) is 5.56 Å². The number of hydrogen-bond donors (Lipinski definition) is 0. The molecule has 0 spiro atoms. The topological polar surface area (TPSA) is 75.8 Å². The summed E-state index contributed by atoms with van der Waals surface area (Å²) >= 11 is 1.23. The Labute approximate surface area is 184 Å². The second kappa shape index (κ2) is 8.58. The van der Waals surface area contributed by atoms with Crippen molar-refractivity contribution in [1.29, 1.82) is 5.26 Å². The Morgan fingerprint density at radius 3 is 2.48 bits per heavy atom. The molecular weight excluding hydrogens is 406 g/mol. The number of nitrogens with zero attached hydrogens (tertiary/aromatic N) is 3. The third kappa shape index (κ3) is 4.14. The van der Waals surface area contributed by atoms with Crippen LogP contribution in [0.15, 0.2) is 76.7 Å². The Kier molecular flexibility index (Phi) is 5.70. The first-order chi connectivity index (χ1) is 15.0. The van der Waals surface area contributed by atoms with Crippen LogP contribution in [0.3, 0.4) is 0 Å². The molecule has 0 unspecified atom stereocenters. The third-order valence-corrected chi connectivity index (χ3v) is 6.10. The van der Waals surface area contributed by atoms with Crippen LogP contribution < -0.4 is 5.56 Å². The lowest BCUT2D eigenvalue weighted by molar-refractivity contribution is 0.102. The Bertz CT molecular complexity index is 1400. The highest BCUT2D eigenvalue weighted by atomic mass is 32.2. The molecule has 1 heterocycles. The molecule has 0 radical (unpaired) electrons. The van der Waals surface area contributed by atoms with Crippen molar-refractivity contribution in [2.75, 3.05) is 5.75 Å². The van der Waals surface area contributed by atoms with Crippen LogP contribution in [0, 0.1) is 25.2 Å². The van der Waals surface area contributed by atoms with Crippen LogP contribution >= 0.6 is 11.8 Å². The van der Waals surface area contributed by atoms with Crippen molar-refractivity contribution in [1.82, 2.24) is 9.55 Å². The van der Waals surface area contributed by atoms with Gasteiger partial charge >= 0.3 is 0 Å². The average molecular weight is 426 g/mol. The fourth-order valence-electron chi connectivity index (χ4n) is 3.25. The number of Topliss-reactive ketones (excluding diaryl/α,β-unsaturated/α-hetero) is 1. The number of carbonyl (C=O) groups excluding carboxylic acids is 1. The number of benzene rings is 3. The summed E-state index contributed by atoms with van der Waals surface area (Å²) in [7, 11) is 0. The zero-order valence-electron chi connectivity index (χ0n) is 17.1. The zero-order valence-corrected chi connectivity index (χ0v) is 17.9. The van der Waals surface area contributed by atoms with E-state index in [4.69, 9.17) is 5.26 Å². The standard InChI is InChI=1S/C25H19N3O2S/c1-16-7-10-19(13-17(16)2)23(29)15-31-25-27-22-6-4-3-5-21(22)24(30)28(25)20-11-8-18(14-26)9-12-20/h3-13H,15H2,1-2H3. The molecule has 0 saturated heterocycles. The Morgan fingerprint density at radius 1 is 1.03 bits per heavy atom. The number of thioether (sulfide) groups is 1. The first-order valence-electron chi connectivity index (χ1n) is 9.73. The summed E-state index contributed by atoms with van der Waals surface area (Å²) in [6.07, 6.45) is 0. The molecule has 31 heavy (non-hydrogen) atoms. The van der Waals surface area contributed by atoms with Gasteiger partial charge in [-0.3, -0.25) is 14.2 Å². The monoisotopic (exact) mass is 425 g/mol. The van der Waals surface area contributed by atoms with Gasteiger partial charge in [-0.05, 0) is 67.4 Å². The van der Waals surface area contributed by atoms with Gasteiger partial charge in [0.05, 0.1) is 34.0 Å². The van der Waals surface area contributed by atoms with Gasteiger partial charge in [0.15, 0.2) is 10.9 Å². The van der Waals surface area contributed by atoms with E-state index in [2.05, 4.69) is 11.1 Å². The maximum Gasteiger partial charge on any atom is 0.266 e. The van der Waals surface area contributed by atoms with Crippen molar-refractivity contribution in [2.24, 2.45) is 0 Å². The summed E-state index contributed by atoms with van der Waals surface area (Å²) in [5.74, 6) is 0.130. The smallest absolute Gasteiger partial charge is 0.266 e. The molecule has 3 aromatic carbocycles. The number of aryl methyl sites for hydroxylation is 2. The number of para-hydroxylation sites is 1. The minimum absolute atomic E-state index is 0.0260. The first kappa shape index (κ1) is 20.6. The summed E-state index contributed by atoms with van der Waals surface area (Å²) in [4.78, 5) is 30.7. The van der Waals surface area contributed by atoms with Gasteiger partial charge in [-0.2, -0.15) is 5.26 Å². The second-order valence-corrected chi connectivity index (χ2v) is 8.16. The molecule has 0 amide bonds. The van der Waals surface area contributed by atoms with E-state index in [0.29, 0.717) is 32.9 Å². The summed E-state index contributed by atoms with van der Waals surface area (Å²) < 4.78 is 1.50. The van der Waals surface area contributed by atoms with E-state index in [0.717, 1.165) is 11.1 Å². The van der Waals surface area contributed by atoms with Gasteiger partial charge < -0.3 is 0 Å². The number of ketones is 1. The highest BCUT2D eigenvalue weighted by molar-refractivity contribution is 7.99. The zero-order chi connectivity index (χ0) is 22.0. The van der Waals surface area contributed by atoms with Crippen LogP contribution in [-0.2, 0) is 0 Å². The minimum atomic E-state index is -0.212. The molecule has 0 aliphatic rings. The average Bonchev–Trinajstić information content (AvgIpc) is 2.79. The SMILES string of the molecule is Cc1ccc(C(=O)CSc2nc3ccccc3c(=O)n2-c2ccc(C#N)cc2)cc1C. The van der Waals surface area contributed by atoms with Crippen molar-refractivity contribution >= 4 is 28.4 Å². The highest BCUT2D eigenvalue weighted by Gasteiger charge is 2.16. The van der Waals surface area contributed by atoms with Gasteiger partial charge in [-0.1, -0.05) is 36.0 Å². The summed E-state index contributed by atoms with van der Waals surface area (Å²) in [6.45, 7) is 3.99. The molecule has 0 aliphatic carbocycles. The van der Waals surface area contributed by atoms with Crippen LogP contribution in [0.1, 0.15) is 27.0 Å². The Balaban J connectivity index is 1.75. The second-order valence-electron chi connectivity index (χ2n) is 7.22. The van der Waals surface area contributed by atoms with Crippen LogP contribution in [0.25, 0.3) is 16.6 Å². The number of hydrogen-bond acceptors (Lipinski definition) is 5. The molecule has 0 bridgehead atoms. The van der Waals surface area contributed by atoms with E-state index in [-0.39, 0.29) is 17.1 Å². The molecule has 0 aliphatic heterocycles. The number of carbonyl (C=O) groups is 1. The molecule has 4 aromatic rings. The molecule has 0 fully saturated rings. The van der Waals surface area contributed by atoms with Gasteiger partial charge in [-0.15, -0.1) is 0 Å². The summed E-state index contributed by atoms with van der Waals surface area (Å²) in [5, 5.41) is 10.00. The fourth-order valence-corrected chi connectivity index (χ4v) is 4.16. The maximum atomic E-state index is 13.3. The van der Waals surface area contributed by atoms with Crippen LogP contribution in [0.2, 0.25) is 0 Å². The van der Waals surface area contributed by atoms with Crippen LogP contribution in [0.5, 0.6) is 0 Å². The number of nitriles is 1. The normalized spacial score (nSPS) is 10.7.